The number of hydrogen-bond donors (Lipinski definition) is 2. The number of allylic oxidation sites excluding steroid dienone is 1. The minimum atomic E-state index is -0.777. The molecule has 3 aromatic rings. The Labute approximate surface area is 209 Å². The maximum atomic E-state index is 13.0. The van der Waals surface area contributed by atoms with E-state index in [-0.39, 0.29) is 6.61 Å². The maximum absolute atomic E-state index is 13.0. The fourth-order valence-corrected chi connectivity index (χ4v) is 4.05. The molecular formula is C28H28N4O4. The van der Waals surface area contributed by atoms with Crippen LogP contribution in [-0.4, -0.2) is 35.0 Å². The number of carbonyl (C=O) groups excluding carboxylic acids is 2. The summed E-state index contributed by atoms with van der Waals surface area (Å²) in [5.41, 5.74) is 4.55. The van der Waals surface area contributed by atoms with Crippen molar-refractivity contribution in [1.29, 1.82) is 0 Å². The third kappa shape index (κ3) is 5.07. The Balaban J connectivity index is 1.86. The fourth-order valence-electron chi connectivity index (χ4n) is 4.05. The van der Waals surface area contributed by atoms with Crippen LogP contribution in [0.25, 0.3) is 16.9 Å². The van der Waals surface area contributed by atoms with Gasteiger partial charge >= 0.3 is 12.0 Å². The van der Waals surface area contributed by atoms with Gasteiger partial charge in [-0.05, 0) is 49.7 Å². The number of ether oxygens (including phenoxy) is 2. The molecule has 0 unspecified atom stereocenters. The number of esters is 1. The van der Waals surface area contributed by atoms with Gasteiger partial charge in [-0.2, -0.15) is 5.10 Å². The molecular weight excluding hydrogens is 456 g/mol. The molecule has 4 rings (SSSR count). The van der Waals surface area contributed by atoms with Crippen molar-refractivity contribution < 1.29 is 19.1 Å². The molecule has 8 heteroatoms. The lowest BCUT2D eigenvalue weighted by Crippen LogP contribution is -2.45. The first-order valence-electron chi connectivity index (χ1n) is 11.5. The summed E-state index contributed by atoms with van der Waals surface area (Å²) < 4.78 is 12.8. The Morgan fingerprint density at radius 2 is 1.86 bits per heavy atom. The first-order chi connectivity index (χ1) is 17.4. The molecule has 0 aliphatic carbocycles. The first-order valence-corrected chi connectivity index (χ1v) is 11.5. The van der Waals surface area contributed by atoms with Crippen LogP contribution in [0, 0.1) is 6.92 Å². The molecule has 36 heavy (non-hydrogen) atoms. The molecule has 2 heterocycles. The molecule has 184 valence electrons. The third-order valence-corrected chi connectivity index (χ3v) is 5.70. The highest BCUT2D eigenvalue weighted by molar-refractivity contribution is 5.95. The van der Waals surface area contributed by atoms with Crippen LogP contribution < -0.4 is 15.4 Å². The van der Waals surface area contributed by atoms with Crippen LogP contribution in [0.15, 0.2) is 91.3 Å². The summed E-state index contributed by atoms with van der Waals surface area (Å²) in [7, 11) is 0. The highest BCUT2D eigenvalue weighted by atomic mass is 16.5. The Morgan fingerprint density at radius 1 is 1.11 bits per heavy atom. The van der Waals surface area contributed by atoms with E-state index in [2.05, 4.69) is 23.8 Å². The normalized spacial score (nSPS) is 15.1. The summed E-state index contributed by atoms with van der Waals surface area (Å²) in [6, 6.07) is 14.2. The van der Waals surface area contributed by atoms with Crippen molar-refractivity contribution in [3.63, 3.8) is 0 Å². The summed E-state index contributed by atoms with van der Waals surface area (Å²) in [4.78, 5) is 25.5. The predicted octanol–water partition coefficient (Wildman–Crippen LogP) is 4.77. The number of hydrogen-bond acceptors (Lipinski definition) is 5. The number of amides is 2. The fraction of sp³-hybridized carbons (Fsp3) is 0.179. The quantitative estimate of drug-likeness (QED) is 0.337. The minimum Gasteiger partial charge on any atom is -0.489 e. The smallest absolute Gasteiger partial charge is 0.338 e. The maximum Gasteiger partial charge on any atom is 0.338 e. The second-order valence-corrected chi connectivity index (χ2v) is 8.25. The van der Waals surface area contributed by atoms with Crippen molar-refractivity contribution in [3.8, 4) is 22.7 Å². The molecule has 0 radical (unpaired) electrons. The van der Waals surface area contributed by atoms with E-state index in [9.17, 15) is 9.59 Å². The first kappa shape index (κ1) is 24.5. The van der Waals surface area contributed by atoms with Gasteiger partial charge in [-0.1, -0.05) is 43.5 Å². The second kappa shape index (κ2) is 10.8. The summed E-state index contributed by atoms with van der Waals surface area (Å²) in [6.07, 6.45) is 5.01. The SMILES string of the molecule is C=CCOC(=O)C1=C(C)NC(=O)N[C@@H]1c1cn(-c2ccccc2)nc1-c1ccc(OCC=C)c(C)c1. The number of aromatic nitrogens is 2. The molecule has 1 atom stereocenters. The molecule has 2 amide bonds. The molecule has 0 spiro atoms. The van der Waals surface area contributed by atoms with Crippen molar-refractivity contribution in [2.75, 3.05) is 13.2 Å². The van der Waals surface area contributed by atoms with Gasteiger partial charge in [-0.25, -0.2) is 14.3 Å². The molecule has 2 N–H and O–H groups in total. The number of rotatable bonds is 9. The van der Waals surface area contributed by atoms with Crippen molar-refractivity contribution in [1.82, 2.24) is 20.4 Å². The van der Waals surface area contributed by atoms with E-state index in [1.54, 1.807) is 17.7 Å². The zero-order valence-electron chi connectivity index (χ0n) is 20.3. The molecule has 1 aromatic heterocycles. The van der Waals surface area contributed by atoms with E-state index in [4.69, 9.17) is 14.6 Å². The number of nitrogens with one attached hydrogen (secondary N) is 2. The van der Waals surface area contributed by atoms with E-state index in [0.29, 0.717) is 29.1 Å². The number of urea groups is 1. The average Bonchev–Trinajstić information content (AvgIpc) is 3.32. The third-order valence-electron chi connectivity index (χ3n) is 5.70. The molecule has 8 nitrogen and oxygen atoms in total. The van der Waals surface area contributed by atoms with Crippen LogP contribution in [0.2, 0.25) is 0 Å². The van der Waals surface area contributed by atoms with E-state index in [0.717, 1.165) is 22.6 Å². The predicted molar refractivity (Wildman–Crippen MR) is 138 cm³/mol. The number of para-hydroxylation sites is 1. The standard InChI is InChI=1S/C28H28N4O4/c1-5-14-35-23-13-12-20(16-18(23)3)25-22(17-32(31-25)21-10-8-7-9-11-21)26-24(27(33)36-15-6-2)19(4)29-28(34)30-26/h5-13,16-17,26H,1-2,14-15H2,3-4H3,(H2,29,30,34)/t26-/m1/s1. The van der Waals surface area contributed by atoms with Crippen molar-refractivity contribution >= 4 is 12.0 Å². The Hall–Kier alpha value is -4.59. The Morgan fingerprint density at radius 3 is 2.56 bits per heavy atom. The van der Waals surface area contributed by atoms with Crippen LogP contribution in [0.3, 0.4) is 0 Å². The van der Waals surface area contributed by atoms with E-state index >= 15 is 0 Å². The van der Waals surface area contributed by atoms with Gasteiger partial charge in [-0.15, -0.1) is 0 Å². The van der Waals surface area contributed by atoms with Gasteiger partial charge in [0.1, 0.15) is 19.0 Å². The zero-order valence-corrected chi connectivity index (χ0v) is 20.3. The van der Waals surface area contributed by atoms with Gasteiger partial charge in [0.2, 0.25) is 0 Å². The topological polar surface area (TPSA) is 94.5 Å². The molecule has 0 fully saturated rings. The lowest BCUT2D eigenvalue weighted by atomic mass is 9.93. The van der Waals surface area contributed by atoms with Gasteiger partial charge < -0.3 is 20.1 Å². The number of nitrogens with zero attached hydrogens (tertiary/aromatic N) is 2. The summed E-state index contributed by atoms with van der Waals surface area (Å²) in [5, 5.41) is 10.4. The van der Waals surface area contributed by atoms with Gasteiger partial charge in [-0.3, -0.25) is 0 Å². The molecule has 1 aliphatic heterocycles. The lowest BCUT2D eigenvalue weighted by molar-refractivity contribution is -0.138. The van der Waals surface area contributed by atoms with E-state index in [1.165, 1.54) is 6.08 Å². The molecule has 2 aromatic carbocycles. The molecule has 0 saturated heterocycles. The summed E-state index contributed by atoms with van der Waals surface area (Å²) >= 11 is 0. The van der Waals surface area contributed by atoms with E-state index < -0.39 is 18.0 Å². The largest absolute Gasteiger partial charge is 0.489 e. The summed E-state index contributed by atoms with van der Waals surface area (Å²) in [6.45, 7) is 11.4. The van der Waals surface area contributed by atoms with Crippen molar-refractivity contribution in [2.24, 2.45) is 0 Å². The Bertz CT molecular complexity index is 1340. The van der Waals surface area contributed by atoms with Crippen LogP contribution in [-0.2, 0) is 9.53 Å². The number of aryl methyl sites for hydroxylation is 1. The summed E-state index contributed by atoms with van der Waals surface area (Å²) in [5.74, 6) is 0.190. The molecule has 0 bridgehead atoms. The van der Waals surface area contributed by atoms with Crippen LogP contribution in [0.5, 0.6) is 5.75 Å². The lowest BCUT2D eigenvalue weighted by Gasteiger charge is -2.27. The zero-order chi connectivity index (χ0) is 25.7. The molecule has 0 saturated carbocycles. The minimum absolute atomic E-state index is 0.0534. The van der Waals surface area contributed by atoms with Gasteiger partial charge in [0, 0.05) is 23.0 Å². The average molecular weight is 485 g/mol. The number of carbonyl (C=O) groups is 2. The van der Waals surface area contributed by atoms with Gasteiger partial charge in [0.15, 0.2) is 0 Å². The molecule has 1 aliphatic rings. The highest BCUT2D eigenvalue weighted by Gasteiger charge is 2.35. The second-order valence-electron chi connectivity index (χ2n) is 8.25. The van der Waals surface area contributed by atoms with Crippen LogP contribution >= 0.6 is 0 Å². The van der Waals surface area contributed by atoms with E-state index in [1.807, 2.05) is 61.7 Å². The van der Waals surface area contributed by atoms with Gasteiger partial charge in [0.25, 0.3) is 0 Å². The monoisotopic (exact) mass is 484 g/mol. The van der Waals surface area contributed by atoms with Crippen molar-refractivity contribution in [2.45, 2.75) is 19.9 Å². The Kier molecular flexibility index (Phi) is 7.34. The highest BCUT2D eigenvalue weighted by Crippen LogP contribution is 2.36. The van der Waals surface area contributed by atoms with Crippen molar-refractivity contribution in [3.05, 3.63) is 102 Å². The van der Waals surface area contributed by atoms with Gasteiger partial charge in [0.05, 0.1) is 23.0 Å². The number of benzene rings is 2. The van der Waals surface area contributed by atoms with Crippen LogP contribution in [0.4, 0.5) is 4.79 Å². The van der Waals surface area contributed by atoms with Crippen LogP contribution in [0.1, 0.15) is 24.1 Å².